The maximum absolute atomic E-state index is 14.1. The largest absolute Gasteiger partial charge is 0.494 e. The Morgan fingerprint density at radius 1 is 1.47 bits per heavy atom. The Kier molecular flexibility index (Phi) is 3.60. The second-order valence-corrected chi connectivity index (χ2v) is 4.80. The molecule has 0 bridgehead atoms. The van der Waals surface area contributed by atoms with Crippen LogP contribution in [0.5, 0.6) is 0 Å². The number of nitrogens with zero attached hydrogens (tertiary/aromatic N) is 2. The van der Waals surface area contributed by atoms with Gasteiger partial charge in [0.2, 0.25) is 0 Å². The van der Waals surface area contributed by atoms with Gasteiger partial charge in [0.15, 0.2) is 5.82 Å². The summed E-state index contributed by atoms with van der Waals surface area (Å²) in [6.45, 7) is 12.2. The van der Waals surface area contributed by atoms with Gasteiger partial charge in [0.05, 0.1) is 12.1 Å². The van der Waals surface area contributed by atoms with E-state index >= 15 is 0 Å². The highest BCUT2D eigenvalue weighted by Crippen LogP contribution is 2.27. The van der Waals surface area contributed by atoms with Crippen molar-refractivity contribution in [3.8, 4) is 0 Å². The van der Waals surface area contributed by atoms with Crippen molar-refractivity contribution in [3.05, 3.63) is 35.9 Å². The van der Waals surface area contributed by atoms with E-state index in [1.54, 1.807) is 0 Å². The average Bonchev–Trinajstić information content (AvgIpc) is 2.66. The van der Waals surface area contributed by atoms with Gasteiger partial charge < -0.3 is 9.30 Å². The number of imidazole rings is 1. The Morgan fingerprint density at radius 2 is 2.16 bits per heavy atom. The van der Waals surface area contributed by atoms with E-state index < -0.39 is 0 Å². The molecule has 1 heterocycles. The molecule has 0 amide bonds. The monoisotopic (exact) mass is 262 g/mol. The van der Waals surface area contributed by atoms with Crippen LogP contribution in [-0.4, -0.2) is 16.2 Å². The molecule has 102 valence electrons. The van der Waals surface area contributed by atoms with Crippen LogP contribution in [0, 0.1) is 12.7 Å². The summed E-state index contributed by atoms with van der Waals surface area (Å²) in [5.74, 6) is 0.955. The van der Waals surface area contributed by atoms with E-state index in [2.05, 4.69) is 25.4 Å². The van der Waals surface area contributed by atoms with E-state index in [1.807, 2.05) is 24.5 Å². The second kappa shape index (κ2) is 5.03. The van der Waals surface area contributed by atoms with Crippen LogP contribution in [0.4, 0.5) is 4.39 Å². The molecule has 0 fully saturated rings. The Balaban J connectivity index is 2.66. The van der Waals surface area contributed by atoms with E-state index in [0.717, 1.165) is 11.3 Å². The summed E-state index contributed by atoms with van der Waals surface area (Å²) >= 11 is 0. The first-order valence-corrected chi connectivity index (χ1v) is 6.45. The van der Waals surface area contributed by atoms with Gasteiger partial charge in [-0.2, -0.15) is 0 Å². The van der Waals surface area contributed by atoms with Crippen molar-refractivity contribution >= 4 is 16.8 Å². The van der Waals surface area contributed by atoms with Crippen molar-refractivity contribution in [2.24, 2.45) is 0 Å². The smallest absolute Gasteiger partial charge is 0.151 e. The van der Waals surface area contributed by atoms with Gasteiger partial charge in [-0.05, 0) is 39.8 Å². The number of aryl methyl sites for hydroxylation is 1. The second-order valence-electron chi connectivity index (χ2n) is 4.80. The molecule has 2 rings (SSSR count). The van der Waals surface area contributed by atoms with Crippen LogP contribution in [0.15, 0.2) is 18.7 Å². The number of halogens is 1. The van der Waals surface area contributed by atoms with Gasteiger partial charge in [-0.15, -0.1) is 0 Å². The molecule has 4 heteroatoms. The molecule has 0 saturated heterocycles. The normalized spacial score (nSPS) is 11.3. The van der Waals surface area contributed by atoms with E-state index in [9.17, 15) is 4.39 Å². The fourth-order valence-electron chi connectivity index (χ4n) is 2.34. The third-order valence-corrected chi connectivity index (χ3v) is 3.08. The predicted octanol–water partition coefficient (Wildman–Crippen LogP) is 4.07. The van der Waals surface area contributed by atoms with E-state index in [4.69, 9.17) is 4.74 Å². The molecule has 1 aromatic carbocycles. The summed E-state index contributed by atoms with van der Waals surface area (Å²) in [5, 5.41) is 0. The Morgan fingerprint density at radius 3 is 2.74 bits per heavy atom. The number of hydrogen-bond acceptors (Lipinski definition) is 2. The summed E-state index contributed by atoms with van der Waals surface area (Å²) in [6, 6.07) is 3.54. The lowest BCUT2D eigenvalue weighted by atomic mass is 10.1. The van der Waals surface area contributed by atoms with Crippen LogP contribution in [0.25, 0.3) is 16.8 Å². The van der Waals surface area contributed by atoms with E-state index in [1.165, 1.54) is 6.07 Å². The maximum atomic E-state index is 14.1. The van der Waals surface area contributed by atoms with Crippen molar-refractivity contribution in [2.45, 2.75) is 33.7 Å². The highest BCUT2D eigenvalue weighted by Gasteiger charge is 2.15. The van der Waals surface area contributed by atoms with Crippen LogP contribution in [-0.2, 0) is 4.74 Å². The number of hydrogen-bond donors (Lipinski definition) is 0. The minimum Gasteiger partial charge on any atom is -0.494 e. The summed E-state index contributed by atoms with van der Waals surface area (Å²) in [5.41, 5.74) is 1.84. The number of fused-ring (bicyclic) bond motifs is 1. The van der Waals surface area contributed by atoms with Gasteiger partial charge in [0.25, 0.3) is 0 Å². The zero-order valence-corrected chi connectivity index (χ0v) is 11.8. The first kappa shape index (κ1) is 13.6. The lowest BCUT2D eigenvalue weighted by Gasteiger charge is -2.12. The number of rotatable bonds is 4. The van der Waals surface area contributed by atoms with Crippen molar-refractivity contribution in [1.82, 2.24) is 9.55 Å². The molecule has 0 aliphatic carbocycles. The van der Waals surface area contributed by atoms with Crippen molar-refractivity contribution in [2.75, 3.05) is 6.61 Å². The SMILES string of the molecule is C=C(OCC)c1cc(F)c2nc(C)n(C(C)C)c2c1. The zero-order chi connectivity index (χ0) is 14.2. The first-order valence-electron chi connectivity index (χ1n) is 6.45. The molecule has 19 heavy (non-hydrogen) atoms. The third-order valence-electron chi connectivity index (χ3n) is 3.08. The number of ether oxygens (including phenoxy) is 1. The molecule has 2 aromatic rings. The molecular weight excluding hydrogens is 243 g/mol. The van der Waals surface area contributed by atoms with Crippen molar-refractivity contribution < 1.29 is 9.13 Å². The third kappa shape index (κ3) is 2.35. The molecule has 0 aliphatic rings. The molecule has 0 spiro atoms. The number of aromatic nitrogens is 2. The molecule has 1 aromatic heterocycles. The molecule has 0 radical (unpaired) electrons. The van der Waals surface area contributed by atoms with Gasteiger partial charge >= 0.3 is 0 Å². The summed E-state index contributed by atoms with van der Waals surface area (Å²) < 4.78 is 21.5. The number of benzene rings is 1. The molecular formula is C15H19FN2O. The topological polar surface area (TPSA) is 27.1 Å². The average molecular weight is 262 g/mol. The molecule has 0 aliphatic heterocycles. The fourth-order valence-corrected chi connectivity index (χ4v) is 2.34. The molecule has 0 unspecified atom stereocenters. The summed E-state index contributed by atoms with van der Waals surface area (Å²) in [4.78, 5) is 4.30. The van der Waals surface area contributed by atoms with E-state index in [0.29, 0.717) is 23.4 Å². The Hall–Kier alpha value is -1.84. The van der Waals surface area contributed by atoms with Gasteiger partial charge in [-0.1, -0.05) is 6.58 Å². The van der Waals surface area contributed by atoms with Gasteiger partial charge in [-0.25, -0.2) is 9.37 Å². The predicted molar refractivity (Wildman–Crippen MR) is 75.5 cm³/mol. The standard InChI is InChI=1S/C15H19FN2O/c1-6-19-10(4)12-7-13(16)15-14(8-12)18(9(2)3)11(5)17-15/h7-9H,4,6H2,1-3,5H3. The minimum atomic E-state index is -0.337. The van der Waals surface area contributed by atoms with Crippen LogP contribution < -0.4 is 0 Å². The van der Waals surface area contributed by atoms with Gasteiger partial charge in [-0.3, -0.25) is 0 Å². The summed E-state index contributed by atoms with van der Waals surface area (Å²) in [6.07, 6.45) is 0. The van der Waals surface area contributed by atoms with Crippen LogP contribution in [0.3, 0.4) is 0 Å². The van der Waals surface area contributed by atoms with Crippen LogP contribution in [0.1, 0.15) is 38.2 Å². The van der Waals surface area contributed by atoms with Crippen LogP contribution in [0.2, 0.25) is 0 Å². The Labute approximate surface area is 112 Å². The Bertz CT molecular complexity index is 629. The lowest BCUT2D eigenvalue weighted by molar-refractivity contribution is 0.299. The van der Waals surface area contributed by atoms with Gasteiger partial charge in [0, 0.05) is 11.6 Å². The molecule has 0 atom stereocenters. The summed E-state index contributed by atoms with van der Waals surface area (Å²) in [7, 11) is 0. The zero-order valence-electron chi connectivity index (χ0n) is 11.8. The van der Waals surface area contributed by atoms with Crippen molar-refractivity contribution in [3.63, 3.8) is 0 Å². The first-order chi connectivity index (χ1) is 8.95. The van der Waals surface area contributed by atoms with Crippen molar-refractivity contribution in [1.29, 1.82) is 0 Å². The fraction of sp³-hybridized carbons (Fsp3) is 0.400. The maximum Gasteiger partial charge on any atom is 0.151 e. The molecule has 0 N–H and O–H groups in total. The quantitative estimate of drug-likeness (QED) is 0.776. The minimum absolute atomic E-state index is 0.222. The van der Waals surface area contributed by atoms with Crippen LogP contribution >= 0.6 is 0 Å². The van der Waals surface area contributed by atoms with Gasteiger partial charge in [0.1, 0.15) is 17.1 Å². The highest BCUT2D eigenvalue weighted by molar-refractivity contribution is 5.81. The lowest BCUT2D eigenvalue weighted by Crippen LogP contribution is -2.03. The van der Waals surface area contributed by atoms with E-state index in [-0.39, 0.29) is 11.9 Å². The molecule has 3 nitrogen and oxygen atoms in total. The highest BCUT2D eigenvalue weighted by atomic mass is 19.1. The molecule has 0 saturated carbocycles.